The van der Waals surface area contributed by atoms with Crippen LogP contribution >= 0.6 is 34.8 Å². The minimum atomic E-state index is -1.64. The summed E-state index contributed by atoms with van der Waals surface area (Å²) in [5.41, 5.74) is 0. The molecule has 0 aromatic rings. The summed E-state index contributed by atoms with van der Waals surface area (Å²) in [7, 11) is 3.58. The highest BCUT2D eigenvalue weighted by Gasteiger charge is 2.38. The molecule has 0 unspecified atom stereocenters. The van der Waals surface area contributed by atoms with E-state index in [4.69, 9.17) is 55.4 Å². The number of terminal acetylenes is 1. The molecule has 200 valence electrons. The van der Waals surface area contributed by atoms with Crippen LogP contribution in [0.4, 0.5) is 0 Å². The molecule has 1 heterocycles. The number of cyclic esters (lactones) is 3. The normalized spacial score (nSPS) is 28.1. The van der Waals surface area contributed by atoms with Crippen LogP contribution in [0.25, 0.3) is 0 Å². The van der Waals surface area contributed by atoms with Crippen molar-refractivity contribution in [1.82, 2.24) is 14.7 Å². The van der Waals surface area contributed by atoms with Crippen LogP contribution in [0.1, 0.15) is 6.92 Å². The maximum atomic E-state index is 12.9. The Kier molecular flexibility index (Phi) is 12.3. The number of hydrogen-bond donors (Lipinski definition) is 0. The summed E-state index contributed by atoms with van der Waals surface area (Å²) in [6, 6.07) is -2.90. The predicted octanol–water partition coefficient (Wildman–Crippen LogP) is -0.783. The van der Waals surface area contributed by atoms with E-state index in [1.54, 1.807) is 0 Å². The highest BCUT2D eigenvalue weighted by molar-refractivity contribution is 6.20. The van der Waals surface area contributed by atoms with E-state index >= 15 is 0 Å². The molecule has 1 saturated heterocycles. The lowest BCUT2D eigenvalue weighted by molar-refractivity contribution is -0.171. The number of likely N-dealkylation sites (N-methyl/N-ethyl adjacent to an activating group) is 3. The predicted molar refractivity (Wildman–Crippen MR) is 127 cm³/mol. The molecule has 1 aliphatic rings. The number of esters is 3. The van der Waals surface area contributed by atoms with Gasteiger partial charge in [-0.25, -0.2) is 9.59 Å². The summed E-state index contributed by atoms with van der Waals surface area (Å²) in [5, 5.41) is 0. The van der Waals surface area contributed by atoms with Crippen molar-refractivity contribution in [1.29, 1.82) is 0 Å². The lowest BCUT2D eigenvalue weighted by Crippen LogP contribution is -2.53. The summed E-state index contributed by atoms with van der Waals surface area (Å²) >= 11 is 17.4. The number of alkyl halides is 3. The summed E-state index contributed by atoms with van der Waals surface area (Å²) in [6.45, 7) is 0.644. The minimum absolute atomic E-state index is 0.461. The van der Waals surface area contributed by atoms with E-state index in [0.717, 1.165) is 21.7 Å². The van der Waals surface area contributed by atoms with Gasteiger partial charge in [0.1, 0.15) is 12.6 Å². The fraction of sp³-hybridized carbons (Fsp3) is 0.619. The van der Waals surface area contributed by atoms with E-state index in [-0.39, 0.29) is 0 Å². The first-order chi connectivity index (χ1) is 16.8. The summed E-state index contributed by atoms with van der Waals surface area (Å²) < 4.78 is 15.3. The smallest absolute Gasteiger partial charge is 0.342 e. The highest BCUT2D eigenvalue weighted by atomic mass is 35.5. The van der Waals surface area contributed by atoms with Gasteiger partial charge in [0.2, 0.25) is 0 Å². The molecule has 0 aliphatic carbocycles. The summed E-state index contributed by atoms with van der Waals surface area (Å²) in [4.78, 5) is 78.6. The first-order valence-corrected chi connectivity index (χ1v) is 12.0. The molecular weight excluding hydrogens is 545 g/mol. The van der Waals surface area contributed by atoms with Crippen molar-refractivity contribution in [2.75, 3.05) is 45.3 Å². The number of nitrogens with zero attached hydrogens (tertiary/aromatic N) is 3. The second kappa shape index (κ2) is 14.1. The molecule has 0 aromatic heterocycles. The number of carbonyl (C=O) groups is 6. The van der Waals surface area contributed by atoms with Gasteiger partial charge >= 0.3 is 17.9 Å². The van der Waals surface area contributed by atoms with Crippen LogP contribution in [-0.4, -0.2) is 126 Å². The van der Waals surface area contributed by atoms with Gasteiger partial charge in [0, 0.05) is 21.1 Å². The maximum absolute atomic E-state index is 12.9. The summed E-state index contributed by atoms with van der Waals surface area (Å²) in [5.74, 6) is -5.30. The fourth-order valence-corrected chi connectivity index (χ4v) is 3.45. The van der Waals surface area contributed by atoms with Gasteiger partial charge < -0.3 is 28.9 Å². The number of ether oxygens (including phenoxy) is 3. The van der Waals surface area contributed by atoms with Crippen molar-refractivity contribution in [3.63, 3.8) is 0 Å². The number of halogens is 3. The molecule has 0 spiro atoms. The molecule has 0 radical (unpaired) electrons. The second-order valence-corrected chi connectivity index (χ2v) is 8.56. The Morgan fingerprint density at radius 3 is 1.72 bits per heavy atom. The molecule has 3 amide bonds. The van der Waals surface area contributed by atoms with Crippen LogP contribution in [0.3, 0.4) is 0 Å². The van der Waals surface area contributed by atoms with Crippen LogP contribution in [0.5, 0.6) is 0 Å². The Morgan fingerprint density at radius 1 is 0.778 bits per heavy atom. The van der Waals surface area contributed by atoms with Gasteiger partial charge in [-0.2, -0.15) is 0 Å². The van der Waals surface area contributed by atoms with E-state index < -0.39 is 90.2 Å². The van der Waals surface area contributed by atoms with E-state index in [9.17, 15) is 28.8 Å². The van der Waals surface area contributed by atoms with E-state index in [1.165, 1.54) is 21.0 Å². The van der Waals surface area contributed by atoms with E-state index in [0.29, 0.717) is 0 Å². The van der Waals surface area contributed by atoms with Crippen LogP contribution in [0, 0.1) is 12.3 Å². The van der Waals surface area contributed by atoms with Gasteiger partial charge in [-0.1, -0.05) is 5.92 Å². The van der Waals surface area contributed by atoms with Crippen LogP contribution in [-0.2, 0) is 43.0 Å². The van der Waals surface area contributed by atoms with E-state index in [1.807, 2.05) is 0 Å². The highest BCUT2D eigenvalue weighted by Crippen LogP contribution is 2.13. The van der Waals surface area contributed by atoms with Crippen LogP contribution < -0.4 is 0 Å². The summed E-state index contributed by atoms with van der Waals surface area (Å²) in [6.07, 6.45) is 0.734. The third-order valence-corrected chi connectivity index (χ3v) is 6.01. The Hall–Kier alpha value is -2.75. The van der Waals surface area contributed by atoms with Gasteiger partial charge in [0.05, 0.1) is 17.6 Å². The molecule has 12 nitrogen and oxygen atoms in total. The van der Waals surface area contributed by atoms with Crippen molar-refractivity contribution in [2.24, 2.45) is 0 Å². The van der Waals surface area contributed by atoms with E-state index in [2.05, 4.69) is 5.92 Å². The quantitative estimate of drug-likeness (QED) is 0.185. The Labute approximate surface area is 223 Å². The molecule has 0 bridgehead atoms. The number of carbonyl (C=O) groups excluding carboxylic acids is 6. The Balaban J connectivity index is 3.43. The molecule has 5 atom stereocenters. The molecular formula is C21H26Cl3N3O9. The van der Waals surface area contributed by atoms with Gasteiger partial charge in [-0.05, 0) is 6.92 Å². The standard InChI is InChI=1S/C21H26Cl3N3O9/c1-6-12-21(33)36-13(7-22)17(29)25(3)10-16(28)34-14(8-23)18(30)26(4)11(2)20(32)35-15(9-24)19(31)27(12)5/h1,11-15H,7-10H2,2-5H3/t11-,12-,13+,14+,15+/m0/s1. The minimum Gasteiger partial charge on any atom is -0.450 e. The second-order valence-electron chi connectivity index (χ2n) is 7.63. The molecule has 15 heteroatoms. The molecule has 0 aromatic carbocycles. The zero-order chi connectivity index (χ0) is 27.7. The molecule has 0 saturated carbocycles. The molecule has 1 fully saturated rings. The number of amides is 3. The van der Waals surface area contributed by atoms with Crippen molar-refractivity contribution >= 4 is 70.4 Å². The number of rotatable bonds is 3. The maximum Gasteiger partial charge on any atom is 0.342 e. The monoisotopic (exact) mass is 569 g/mol. The third-order valence-electron chi connectivity index (χ3n) is 5.17. The SMILES string of the molecule is C#C[C@H]1C(=O)O[C@H](CCl)C(=O)N(C)CC(=O)O[C@H](CCl)C(=O)N(C)[C@@H](C)C(=O)O[C@H](CCl)C(=O)N1C. The lowest BCUT2D eigenvalue weighted by Gasteiger charge is -2.31. The molecule has 36 heavy (non-hydrogen) atoms. The lowest BCUT2D eigenvalue weighted by atomic mass is 10.2. The third kappa shape index (κ3) is 7.62. The largest absolute Gasteiger partial charge is 0.450 e. The van der Waals surface area contributed by atoms with Crippen LogP contribution in [0.15, 0.2) is 0 Å². The number of hydrogen-bond acceptors (Lipinski definition) is 9. The van der Waals surface area contributed by atoms with Gasteiger partial charge in [0.25, 0.3) is 17.7 Å². The Morgan fingerprint density at radius 2 is 1.22 bits per heavy atom. The molecule has 1 rings (SSSR count). The molecule has 1 aliphatic heterocycles. The fourth-order valence-electron chi connectivity index (χ4n) is 2.87. The van der Waals surface area contributed by atoms with Crippen molar-refractivity contribution in [3.05, 3.63) is 0 Å². The zero-order valence-corrected chi connectivity index (χ0v) is 22.2. The van der Waals surface area contributed by atoms with Crippen molar-refractivity contribution < 1.29 is 43.0 Å². The first-order valence-electron chi connectivity index (χ1n) is 10.4. The van der Waals surface area contributed by atoms with Gasteiger partial charge in [-0.3, -0.25) is 19.2 Å². The van der Waals surface area contributed by atoms with Gasteiger partial charge in [0.15, 0.2) is 24.4 Å². The average Bonchev–Trinajstić information content (AvgIpc) is 2.86. The topological polar surface area (TPSA) is 140 Å². The van der Waals surface area contributed by atoms with Crippen molar-refractivity contribution in [3.8, 4) is 12.3 Å². The zero-order valence-electron chi connectivity index (χ0n) is 19.9. The first kappa shape index (κ1) is 31.3. The van der Waals surface area contributed by atoms with Crippen LogP contribution in [0.2, 0.25) is 0 Å². The Bertz CT molecular complexity index is 926. The average molecular weight is 571 g/mol. The molecule has 0 N–H and O–H groups in total. The van der Waals surface area contributed by atoms with Gasteiger partial charge in [-0.15, -0.1) is 41.2 Å². The van der Waals surface area contributed by atoms with Crippen molar-refractivity contribution in [2.45, 2.75) is 37.3 Å².